The summed E-state index contributed by atoms with van der Waals surface area (Å²) in [6.45, 7) is 2.77. The molecule has 220 valence electrons. The van der Waals surface area contributed by atoms with Gasteiger partial charge in [0.15, 0.2) is 23.0 Å². The minimum absolute atomic E-state index is 0. The van der Waals surface area contributed by atoms with Crippen molar-refractivity contribution in [2.75, 3.05) is 32.8 Å². The van der Waals surface area contributed by atoms with Gasteiger partial charge in [0.2, 0.25) is 5.89 Å². The third-order valence-corrected chi connectivity index (χ3v) is 7.26. The lowest BCUT2D eigenvalue weighted by Crippen LogP contribution is -2.57. The molecule has 1 unspecified atom stereocenters. The average Bonchev–Trinajstić information content (AvgIpc) is 3.84. The molecule has 2 saturated carbocycles. The van der Waals surface area contributed by atoms with Gasteiger partial charge in [-0.05, 0) is 69.6 Å². The summed E-state index contributed by atoms with van der Waals surface area (Å²) in [5.74, 6) is 1.05. The number of hydrogen-bond donors (Lipinski definition) is 2. The summed E-state index contributed by atoms with van der Waals surface area (Å²) in [6, 6.07) is 3.50. The topological polar surface area (TPSA) is 123 Å². The number of amides is 3. The van der Waals surface area contributed by atoms with E-state index >= 15 is 0 Å². The number of halogens is 3. The maximum Gasteiger partial charge on any atom is 0.387 e. The van der Waals surface area contributed by atoms with Gasteiger partial charge in [0.25, 0.3) is 5.91 Å². The number of urea groups is 1. The molecule has 1 saturated heterocycles. The Balaban J connectivity index is 0.00000370. The Bertz CT molecular complexity index is 1200. The van der Waals surface area contributed by atoms with E-state index in [4.69, 9.17) is 14.9 Å². The molecule has 1 aliphatic heterocycles. The minimum Gasteiger partial charge on any atom is -0.489 e. The van der Waals surface area contributed by atoms with Gasteiger partial charge in [-0.3, -0.25) is 4.79 Å². The fraction of sp³-hybridized carbons (Fsp3) is 0.593. The Hall–Kier alpha value is -3.12. The van der Waals surface area contributed by atoms with Gasteiger partial charge in [0, 0.05) is 37.8 Å². The van der Waals surface area contributed by atoms with Gasteiger partial charge in [-0.2, -0.15) is 8.78 Å². The predicted molar refractivity (Wildman–Crippen MR) is 145 cm³/mol. The van der Waals surface area contributed by atoms with E-state index in [1.54, 1.807) is 16.7 Å². The highest BCUT2D eigenvalue weighted by Crippen LogP contribution is 2.37. The Morgan fingerprint density at radius 2 is 1.90 bits per heavy atom. The van der Waals surface area contributed by atoms with Crippen LogP contribution in [0.5, 0.6) is 11.5 Å². The van der Waals surface area contributed by atoms with Crippen LogP contribution in [-0.2, 0) is 0 Å². The second-order valence-electron chi connectivity index (χ2n) is 10.7. The number of nitrogens with one attached hydrogen (secondary N) is 1. The van der Waals surface area contributed by atoms with E-state index in [0.717, 1.165) is 25.7 Å². The van der Waals surface area contributed by atoms with Crippen molar-refractivity contribution in [3.05, 3.63) is 29.7 Å². The van der Waals surface area contributed by atoms with E-state index in [0.29, 0.717) is 50.2 Å². The molecule has 2 aromatic rings. The number of benzene rings is 1. The van der Waals surface area contributed by atoms with Crippen molar-refractivity contribution >= 4 is 24.3 Å². The first-order valence-corrected chi connectivity index (χ1v) is 13.5. The molecule has 5 rings (SSSR count). The summed E-state index contributed by atoms with van der Waals surface area (Å²) in [5, 5.41) is 2.98. The van der Waals surface area contributed by atoms with Crippen LogP contribution in [0.1, 0.15) is 61.8 Å². The Morgan fingerprint density at radius 3 is 2.52 bits per heavy atom. The lowest BCUT2D eigenvalue weighted by Gasteiger charge is -2.39. The fourth-order valence-electron chi connectivity index (χ4n) is 4.61. The predicted octanol–water partition coefficient (Wildman–Crippen LogP) is 4.44. The van der Waals surface area contributed by atoms with Crippen molar-refractivity contribution in [3.8, 4) is 23.0 Å². The highest BCUT2D eigenvalue weighted by atomic mass is 35.5. The quantitative estimate of drug-likeness (QED) is 0.424. The van der Waals surface area contributed by atoms with Crippen molar-refractivity contribution in [1.82, 2.24) is 20.1 Å². The van der Waals surface area contributed by atoms with Crippen LogP contribution in [0, 0.1) is 11.8 Å². The van der Waals surface area contributed by atoms with Crippen LogP contribution in [0.2, 0.25) is 0 Å². The molecule has 2 aliphatic carbocycles. The number of oxazole rings is 1. The number of hydrogen-bond acceptors (Lipinski definition) is 7. The molecule has 0 bridgehead atoms. The van der Waals surface area contributed by atoms with Crippen molar-refractivity contribution in [2.45, 2.75) is 58.2 Å². The summed E-state index contributed by atoms with van der Waals surface area (Å²) in [7, 11) is 0. The van der Waals surface area contributed by atoms with Crippen LogP contribution in [0.4, 0.5) is 13.6 Å². The fourth-order valence-corrected chi connectivity index (χ4v) is 4.61. The van der Waals surface area contributed by atoms with Gasteiger partial charge < -0.3 is 34.7 Å². The molecule has 3 fully saturated rings. The van der Waals surface area contributed by atoms with Crippen LogP contribution in [0.15, 0.2) is 22.6 Å². The maximum atomic E-state index is 13.5. The normalized spacial score (nSPS) is 19.7. The lowest BCUT2D eigenvalue weighted by atomic mass is 10.1. The molecule has 2 heterocycles. The first kappa shape index (κ1) is 29.9. The maximum absolute atomic E-state index is 13.5. The zero-order valence-electron chi connectivity index (χ0n) is 22.6. The molecule has 1 aromatic heterocycles. The Kier molecular flexibility index (Phi) is 9.40. The Labute approximate surface area is 237 Å². The van der Waals surface area contributed by atoms with Crippen LogP contribution in [0.3, 0.4) is 0 Å². The summed E-state index contributed by atoms with van der Waals surface area (Å²) in [5.41, 5.74) is 6.66. The summed E-state index contributed by atoms with van der Waals surface area (Å²) in [4.78, 5) is 34.0. The van der Waals surface area contributed by atoms with Crippen LogP contribution in [-0.4, -0.2) is 72.2 Å². The van der Waals surface area contributed by atoms with Gasteiger partial charge in [-0.25, -0.2) is 9.78 Å². The van der Waals surface area contributed by atoms with E-state index in [2.05, 4.69) is 15.0 Å². The molecule has 1 aromatic carbocycles. The highest BCUT2D eigenvalue weighted by Gasteiger charge is 2.34. The number of nitrogens with two attached hydrogens (primary N) is 1. The highest BCUT2D eigenvalue weighted by molar-refractivity contribution is 5.94. The zero-order valence-corrected chi connectivity index (χ0v) is 23.4. The van der Waals surface area contributed by atoms with E-state index in [9.17, 15) is 18.4 Å². The summed E-state index contributed by atoms with van der Waals surface area (Å²) >= 11 is 0. The monoisotopic (exact) mass is 583 g/mol. The lowest BCUT2D eigenvalue weighted by molar-refractivity contribution is -0.0515. The van der Waals surface area contributed by atoms with Crippen LogP contribution >= 0.6 is 12.4 Å². The molecule has 3 N–H and O–H groups in total. The third-order valence-electron chi connectivity index (χ3n) is 7.26. The van der Waals surface area contributed by atoms with E-state index < -0.39 is 12.7 Å². The standard InChI is InChI=1S/C27H35F2N5O5.ClH/c1-15-13-33(9-10-34(15)27(36)31-12-17-3-4-17)25(35)22-23(16(2)30)39-24(32-22)19-7-8-20(38-26(28)29)21(11-19)37-14-18-5-6-18;/h7-8,11,15-18,26H,3-6,9-10,12-14,30H2,1-2H3,(H,31,36);1H/t15-,16?;/m1./s1. The second-order valence-corrected chi connectivity index (χ2v) is 10.7. The van der Waals surface area contributed by atoms with Gasteiger partial charge in [-0.15, -0.1) is 12.4 Å². The van der Waals surface area contributed by atoms with Crippen LogP contribution in [0.25, 0.3) is 11.5 Å². The number of aromatic nitrogens is 1. The molecule has 0 spiro atoms. The summed E-state index contributed by atoms with van der Waals surface area (Å²) in [6.07, 6.45) is 4.38. The van der Waals surface area contributed by atoms with Gasteiger partial charge in [0.1, 0.15) is 0 Å². The molecular weight excluding hydrogens is 548 g/mol. The van der Waals surface area contributed by atoms with E-state index in [-0.39, 0.29) is 59.2 Å². The number of rotatable bonds is 10. The molecule has 13 heteroatoms. The van der Waals surface area contributed by atoms with Gasteiger partial charge in [-0.1, -0.05) is 0 Å². The van der Waals surface area contributed by atoms with Gasteiger partial charge in [0.05, 0.1) is 12.6 Å². The average molecular weight is 584 g/mol. The van der Waals surface area contributed by atoms with E-state index in [1.165, 1.54) is 18.2 Å². The number of alkyl halides is 2. The van der Waals surface area contributed by atoms with Crippen molar-refractivity contribution in [2.24, 2.45) is 17.6 Å². The smallest absolute Gasteiger partial charge is 0.387 e. The second kappa shape index (κ2) is 12.6. The van der Waals surface area contributed by atoms with Crippen molar-refractivity contribution < 1.29 is 32.3 Å². The number of piperazine rings is 1. The van der Waals surface area contributed by atoms with Crippen LogP contribution < -0.4 is 20.5 Å². The number of ether oxygens (including phenoxy) is 2. The first-order valence-electron chi connectivity index (χ1n) is 13.5. The minimum atomic E-state index is -3.00. The van der Waals surface area contributed by atoms with Gasteiger partial charge >= 0.3 is 12.6 Å². The number of carbonyl (C=O) groups is 2. The molecule has 0 radical (unpaired) electrons. The molecular formula is C27H36ClF2N5O5. The molecule has 3 aliphatic rings. The largest absolute Gasteiger partial charge is 0.489 e. The molecule has 3 amide bonds. The number of carbonyl (C=O) groups excluding carboxylic acids is 2. The SMILES string of the molecule is CC(N)c1oc(-c2ccc(OC(F)F)c(OCC3CC3)c2)nc1C(=O)N1CCN(C(=O)NCC2CC2)[C@H](C)C1.Cl. The van der Waals surface area contributed by atoms with Crippen molar-refractivity contribution in [1.29, 1.82) is 0 Å². The molecule has 10 nitrogen and oxygen atoms in total. The summed E-state index contributed by atoms with van der Waals surface area (Å²) < 4.78 is 42.2. The number of nitrogens with zero attached hydrogens (tertiary/aromatic N) is 3. The van der Waals surface area contributed by atoms with E-state index in [1.807, 2.05) is 6.92 Å². The third kappa shape index (κ3) is 7.14. The van der Waals surface area contributed by atoms with Crippen molar-refractivity contribution in [3.63, 3.8) is 0 Å². The Morgan fingerprint density at radius 1 is 1.18 bits per heavy atom. The first-order chi connectivity index (χ1) is 18.7. The molecule has 2 atom stereocenters. The molecule has 40 heavy (non-hydrogen) atoms. The zero-order chi connectivity index (χ0) is 27.7.